The SMILES string of the molecule is Cc1cnc(C(=O)NC2CCCc3nc(-c4ccccc4)ncc32)cn1. The van der Waals surface area contributed by atoms with E-state index in [1.807, 2.05) is 43.5 Å². The van der Waals surface area contributed by atoms with Crippen LogP contribution in [0.2, 0.25) is 0 Å². The van der Waals surface area contributed by atoms with Gasteiger partial charge in [-0.3, -0.25) is 9.78 Å². The highest BCUT2D eigenvalue weighted by atomic mass is 16.1. The summed E-state index contributed by atoms with van der Waals surface area (Å²) in [6, 6.07) is 9.83. The van der Waals surface area contributed by atoms with Crippen molar-refractivity contribution in [3.05, 3.63) is 71.6 Å². The quantitative estimate of drug-likeness (QED) is 0.789. The molecular weight excluding hydrogens is 326 g/mol. The molecule has 0 saturated carbocycles. The number of rotatable bonds is 3. The molecule has 0 saturated heterocycles. The van der Waals surface area contributed by atoms with E-state index in [-0.39, 0.29) is 11.9 Å². The fraction of sp³-hybridized carbons (Fsp3) is 0.250. The maximum atomic E-state index is 12.5. The van der Waals surface area contributed by atoms with Crippen LogP contribution < -0.4 is 5.32 Å². The minimum atomic E-state index is -0.220. The van der Waals surface area contributed by atoms with Crippen molar-refractivity contribution in [1.82, 2.24) is 25.3 Å². The van der Waals surface area contributed by atoms with E-state index in [9.17, 15) is 4.79 Å². The summed E-state index contributed by atoms with van der Waals surface area (Å²) in [5.74, 6) is 0.503. The van der Waals surface area contributed by atoms with Crippen LogP contribution in [0.1, 0.15) is 46.3 Å². The summed E-state index contributed by atoms with van der Waals surface area (Å²) in [6.45, 7) is 1.84. The van der Waals surface area contributed by atoms with E-state index >= 15 is 0 Å². The summed E-state index contributed by atoms with van der Waals surface area (Å²) in [6.07, 6.45) is 7.68. The molecule has 4 rings (SSSR count). The zero-order valence-corrected chi connectivity index (χ0v) is 14.5. The van der Waals surface area contributed by atoms with E-state index in [4.69, 9.17) is 4.98 Å². The second-order valence-corrected chi connectivity index (χ2v) is 6.42. The highest BCUT2D eigenvalue weighted by molar-refractivity contribution is 5.92. The van der Waals surface area contributed by atoms with E-state index in [1.54, 1.807) is 6.20 Å². The molecule has 3 aromatic rings. The number of carbonyl (C=O) groups is 1. The molecule has 2 heterocycles. The second kappa shape index (κ2) is 7.00. The maximum Gasteiger partial charge on any atom is 0.271 e. The Morgan fingerprint density at radius 1 is 1.08 bits per heavy atom. The Morgan fingerprint density at radius 3 is 2.69 bits per heavy atom. The third-order valence-electron chi connectivity index (χ3n) is 4.53. The number of amides is 1. The first-order chi connectivity index (χ1) is 12.7. The van der Waals surface area contributed by atoms with Crippen molar-refractivity contribution in [2.45, 2.75) is 32.2 Å². The fourth-order valence-electron chi connectivity index (χ4n) is 3.17. The van der Waals surface area contributed by atoms with Crippen molar-refractivity contribution in [3.63, 3.8) is 0 Å². The molecule has 1 N–H and O–H groups in total. The number of benzene rings is 1. The van der Waals surface area contributed by atoms with Gasteiger partial charge < -0.3 is 5.32 Å². The minimum Gasteiger partial charge on any atom is -0.344 e. The predicted octanol–water partition coefficient (Wildman–Crippen LogP) is 3.05. The van der Waals surface area contributed by atoms with Crippen LogP contribution in [-0.2, 0) is 6.42 Å². The van der Waals surface area contributed by atoms with Crippen LogP contribution in [0.25, 0.3) is 11.4 Å². The minimum absolute atomic E-state index is 0.0980. The lowest BCUT2D eigenvalue weighted by Crippen LogP contribution is -2.32. The van der Waals surface area contributed by atoms with Crippen LogP contribution in [0.3, 0.4) is 0 Å². The fourth-order valence-corrected chi connectivity index (χ4v) is 3.17. The molecule has 1 amide bonds. The summed E-state index contributed by atoms with van der Waals surface area (Å²) in [4.78, 5) is 30.0. The lowest BCUT2D eigenvalue weighted by Gasteiger charge is -2.25. The van der Waals surface area contributed by atoms with E-state index in [0.29, 0.717) is 5.69 Å². The highest BCUT2D eigenvalue weighted by Crippen LogP contribution is 2.29. The number of nitrogens with zero attached hydrogens (tertiary/aromatic N) is 4. The number of nitrogens with one attached hydrogen (secondary N) is 1. The molecule has 0 bridgehead atoms. The van der Waals surface area contributed by atoms with E-state index in [0.717, 1.165) is 47.6 Å². The Balaban J connectivity index is 1.57. The molecule has 1 aromatic carbocycles. The zero-order valence-electron chi connectivity index (χ0n) is 14.5. The third kappa shape index (κ3) is 3.31. The molecule has 0 fully saturated rings. The molecule has 0 radical (unpaired) electrons. The zero-order chi connectivity index (χ0) is 17.9. The van der Waals surface area contributed by atoms with Gasteiger partial charge in [0.2, 0.25) is 0 Å². The molecule has 2 aromatic heterocycles. The molecule has 1 aliphatic rings. The van der Waals surface area contributed by atoms with Crippen molar-refractivity contribution in [2.24, 2.45) is 0 Å². The third-order valence-corrected chi connectivity index (χ3v) is 4.53. The van der Waals surface area contributed by atoms with Crippen molar-refractivity contribution in [3.8, 4) is 11.4 Å². The maximum absolute atomic E-state index is 12.5. The summed E-state index contributed by atoms with van der Waals surface area (Å²) in [7, 11) is 0. The number of carbonyl (C=O) groups excluding carboxylic acids is 1. The van der Waals surface area contributed by atoms with Gasteiger partial charge in [0.25, 0.3) is 5.91 Å². The average molecular weight is 345 g/mol. The Bertz CT molecular complexity index is 925. The first-order valence-corrected chi connectivity index (χ1v) is 8.71. The Labute approximate surface area is 151 Å². The predicted molar refractivity (Wildman–Crippen MR) is 97.4 cm³/mol. The summed E-state index contributed by atoms with van der Waals surface area (Å²) < 4.78 is 0. The lowest BCUT2D eigenvalue weighted by molar-refractivity contribution is 0.0927. The molecule has 1 unspecified atom stereocenters. The topological polar surface area (TPSA) is 80.7 Å². The summed E-state index contributed by atoms with van der Waals surface area (Å²) >= 11 is 0. The molecular formula is C20H19N5O. The van der Waals surface area contributed by atoms with Crippen molar-refractivity contribution >= 4 is 5.91 Å². The van der Waals surface area contributed by atoms with E-state index in [1.165, 1.54) is 6.20 Å². The lowest BCUT2D eigenvalue weighted by atomic mass is 9.92. The van der Waals surface area contributed by atoms with Gasteiger partial charge in [0.05, 0.1) is 17.9 Å². The van der Waals surface area contributed by atoms with Gasteiger partial charge >= 0.3 is 0 Å². The smallest absolute Gasteiger partial charge is 0.271 e. The second-order valence-electron chi connectivity index (χ2n) is 6.42. The largest absolute Gasteiger partial charge is 0.344 e. The number of hydrogen-bond donors (Lipinski definition) is 1. The van der Waals surface area contributed by atoms with Gasteiger partial charge in [-0.25, -0.2) is 15.0 Å². The van der Waals surface area contributed by atoms with Crippen LogP contribution in [-0.4, -0.2) is 25.8 Å². The first kappa shape index (κ1) is 16.3. The number of aryl methyl sites for hydroxylation is 2. The molecule has 0 spiro atoms. The van der Waals surface area contributed by atoms with E-state index < -0.39 is 0 Å². The summed E-state index contributed by atoms with van der Waals surface area (Å²) in [5, 5.41) is 3.05. The normalized spacial score (nSPS) is 16.0. The molecule has 1 aliphatic carbocycles. The Hall–Kier alpha value is -3.15. The highest BCUT2D eigenvalue weighted by Gasteiger charge is 2.24. The Kier molecular flexibility index (Phi) is 4.39. The van der Waals surface area contributed by atoms with Gasteiger partial charge in [0.1, 0.15) is 5.69 Å². The number of hydrogen-bond acceptors (Lipinski definition) is 5. The number of fused-ring (bicyclic) bond motifs is 1. The van der Waals surface area contributed by atoms with Crippen molar-refractivity contribution in [2.75, 3.05) is 0 Å². The molecule has 26 heavy (non-hydrogen) atoms. The average Bonchev–Trinajstić information content (AvgIpc) is 2.69. The van der Waals surface area contributed by atoms with Gasteiger partial charge in [-0.15, -0.1) is 0 Å². The molecule has 6 nitrogen and oxygen atoms in total. The van der Waals surface area contributed by atoms with Crippen LogP contribution in [0.4, 0.5) is 0 Å². The van der Waals surface area contributed by atoms with Crippen LogP contribution in [0, 0.1) is 6.92 Å². The van der Waals surface area contributed by atoms with Gasteiger partial charge in [-0.2, -0.15) is 0 Å². The summed E-state index contributed by atoms with van der Waals surface area (Å²) in [5.41, 5.74) is 4.10. The monoisotopic (exact) mass is 345 g/mol. The molecule has 1 atom stereocenters. The van der Waals surface area contributed by atoms with Crippen LogP contribution in [0.15, 0.2) is 48.9 Å². The van der Waals surface area contributed by atoms with Crippen molar-refractivity contribution in [1.29, 1.82) is 0 Å². The van der Waals surface area contributed by atoms with Gasteiger partial charge in [-0.1, -0.05) is 30.3 Å². The first-order valence-electron chi connectivity index (χ1n) is 8.71. The number of aromatic nitrogens is 4. The molecule has 130 valence electrons. The van der Waals surface area contributed by atoms with Gasteiger partial charge in [0.15, 0.2) is 5.82 Å². The van der Waals surface area contributed by atoms with E-state index in [2.05, 4.69) is 20.3 Å². The van der Waals surface area contributed by atoms with Gasteiger partial charge in [-0.05, 0) is 26.2 Å². The molecule has 0 aliphatic heterocycles. The standard InChI is InChI=1S/C20H19N5O/c1-13-10-22-18(12-21-13)20(26)25-17-9-5-8-16-15(17)11-23-19(24-16)14-6-3-2-4-7-14/h2-4,6-7,10-12,17H,5,8-9H2,1H3,(H,25,26). The molecule has 6 heteroatoms. The van der Waals surface area contributed by atoms with Crippen LogP contribution in [0.5, 0.6) is 0 Å². The van der Waals surface area contributed by atoms with Crippen molar-refractivity contribution < 1.29 is 4.79 Å². The van der Waals surface area contributed by atoms with Crippen LogP contribution >= 0.6 is 0 Å². The Morgan fingerprint density at radius 2 is 1.92 bits per heavy atom. The van der Waals surface area contributed by atoms with Gasteiger partial charge in [0, 0.05) is 29.2 Å².